The first-order chi connectivity index (χ1) is 13.0. The van der Waals surface area contributed by atoms with Crippen molar-refractivity contribution < 1.29 is 9.59 Å². The summed E-state index contributed by atoms with van der Waals surface area (Å²) in [5.74, 6) is 0.445. The fourth-order valence-corrected chi connectivity index (χ4v) is 4.44. The van der Waals surface area contributed by atoms with Crippen LogP contribution in [-0.4, -0.2) is 17.5 Å². The van der Waals surface area contributed by atoms with Crippen molar-refractivity contribution >= 4 is 34.6 Å². The highest BCUT2D eigenvalue weighted by molar-refractivity contribution is 7.14. The molecule has 1 aromatic carbocycles. The first-order valence-electron chi connectivity index (χ1n) is 9.30. The number of rotatable bonds is 5. The van der Waals surface area contributed by atoms with Gasteiger partial charge in [-0.05, 0) is 61.4 Å². The molecule has 0 radical (unpaired) electrons. The van der Waals surface area contributed by atoms with E-state index in [1.807, 2.05) is 37.3 Å². The third-order valence-corrected chi connectivity index (χ3v) is 6.15. The quantitative estimate of drug-likeness (QED) is 0.594. The molecule has 2 amide bonds. The number of benzene rings is 1. The first-order valence-corrected chi connectivity index (χ1v) is 10.1. The van der Waals surface area contributed by atoms with E-state index >= 15 is 0 Å². The molecule has 27 heavy (non-hydrogen) atoms. The predicted molar refractivity (Wildman–Crippen MR) is 111 cm³/mol. The molecule has 0 saturated heterocycles. The molecule has 142 valence electrons. The standard InChI is InChI=1S/C21H25N3O2S/c1-4-15-8-9-19-17(10-15)12-20(27-19)21(26)24-23-13(2)16-6-5-7-18(11-16)22-14(3)25/h5-7,11-12,15H,4,8-10H2,1-3H3,(H,22,25)(H,24,26)/b23-13+. The van der Waals surface area contributed by atoms with Gasteiger partial charge in [-0.3, -0.25) is 9.59 Å². The van der Waals surface area contributed by atoms with E-state index in [1.54, 1.807) is 11.3 Å². The largest absolute Gasteiger partial charge is 0.326 e. The molecule has 0 aliphatic heterocycles. The van der Waals surface area contributed by atoms with Crippen molar-refractivity contribution in [2.75, 3.05) is 5.32 Å². The van der Waals surface area contributed by atoms with E-state index in [1.165, 1.54) is 30.2 Å². The van der Waals surface area contributed by atoms with Crippen molar-refractivity contribution in [3.8, 4) is 0 Å². The molecule has 2 aromatic rings. The van der Waals surface area contributed by atoms with Crippen LogP contribution in [-0.2, 0) is 17.6 Å². The summed E-state index contributed by atoms with van der Waals surface area (Å²) >= 11 is 1.58. The zero-order chi connectivity index (χ0) is 19.4. The normalized spacial score (nSPS) is 16.6. The summed E-state index contributed by atoms with van der Waals surface area (Å²) in [5.41, 5.74) is 6.22. The van der Waals surface area contributed by atoms with Gasteiger partial charge in [0, 0.05) is 17.5 Å². The second kappa shape index (κ2) is 8.48. The molecule has 0 saturated carbocycles. The van der Waals surface area contributed by atoms with Gasteiger partial charge < -0.3 is 5.32 Å². The Balaban J connectivity index is 1.68. The van der Waals surface area contributed by atoms with Gasteiger partial charge in [-0.2, -0.15) is 5.10 Å². The summed E-state index contributed by atoms with van der Waals surface area (Å²) in [7, 11) is 0. The molecule has 1 aliphatic rings. The van der Waals surface area contributed by atoms with Crippen LogP contribution in [0.3, 0.4) is 0 Å². The second-order valence-corrected chi connectivity index (χ2v) is 8.11. The number of nitrogens with one attached hydrogen (secondary N) is 2. The second-order valence-electron chi connectivity index (χ2n) is 6.98. The van der Waals surface area contributed by atoms with Crippen LogP contribution in [0.5, 0.6) is 0 Å². The number of amides is 2. The molecule has 1 unspecified atom stereocenters. The molecule has 3 rings (SSSR count). The third kappa shape index (κ3) is 4.83. The summed E-state index contributed by atoms with van der Waals surface area (Å²) < 4.78 is 0. The number of nitrogens with zero attached hydrogens (tertiary/aromatic N) is 1. The average Bonchev–Trinajstić information content (AvgIpc) is 3.08. The van der Waals surface area contributed by atoms with Crippen molar-refractivity contribution in [1.82, 2.24) is 5.43 Å². The maximum Gasteiger partial charge on any atom is 0.281 e. The molecule has 0 spiro atoms. The Hall–Kier alpha value is -2.47. The minimum atomic E-state index is -0.167. The van der Waals surface area contributed by atoms with Crippen LogP contribution in [0.1, 0.15) is 59.3 Å². The summed E-state index contributed by atoms with van der Waals surface area (Å²) in [6.45, 7) is 5.53. The van der Waals surface area contributed by atoms with E-state index in [-0.39, 0.29) is 11.8 Å². The number of hydrazone groups is 1. The molecule has 2 N–H and O–H groups in total. The maximum absolute atomic E-state index is 12.5. The highest BCUT2D eigenvalue weighted by atomic mass is 32.1. The maximum atomic E-state index is 12.5. The fraction of sp³-hybridized carbons (Fsp3) is 0.381. The van der Waals surface area contributed by atoms with E-state index < -0.39 is 0 Å². The van der Waals surface area contributed by atoms with Gasteiger partial charge in [-0.1, -0.05) is 25.5 Å². The first kappa shape index (κ1) is 19.3. The highest BCUT2D eigenvalue weighted by Crippen LogP contribution is 2.33. The van der Waals surface area contributed by atoms with Gasteiger partial charge in [0.2, 0.25) is 5.91 Å². The van der Waals surface area contributed by atoms with Gasteiger partial charge in [0.1, 0.15) is 0 Å². The Morgan fingerprint density at radius 2 is 2.07 bits per heavy atom. The zero-order valence-corrected chi connectivity index (χ0v) is 16.8. The number of carbonyl (C=O) groups excluding carboxylic acids is 2. The van der Waals surface area contributed by atoms with Crippen LogP contribution in [0.2, 0.25) is 0 Å². The molecule has 1 aromatic heterocycles. The number of carbonyl (C=O) groups is 2. The number of hydrogen-bond acceptors (Lipinski definition) is 4. The van der Waals surface area contributed by atoms with Gasteiger partial charge in [0.15, 0.2) is 0 Å². The van der Waals surface area contributed by atoms with Crippen LogP contribution < -0.4 is 10.7 Å². The lowest BCUT2D eigenvalue weighted by molar-refractivity contribution is -0.114. The molecule has 0 fully saturated rings. The number of fused-ring (bicyclic) bond motifs is 1. The van der Waals surface area contributed by atoms with Crippen molar-refractivity contribution in [3.05, 3.63) is 51.2 Å². The van der Waals surface area contributed by atoms with Gasteiger partial charge in [-0.25, -0.2) is 5.43 Å². The molecule has 0 bridgehead atoms. The predicted octanol–water partition coefficient (Wildman–Crippen LogP) is 4.38. The lowest BCUT2D eigenvalue weighted by Crippen LogP contribution is -2.18. The molecule has 1 atom stereocenters. The van der Waals surface area contributed by atoms with Gasteiger partial charge in [-0.15, -0.1) is 11.3 Å². The van der Waals surface area contributed by atoms with E-state index in [0.717, 1.165) is 29.2 Å². The van der Waals surface area contributed by atoms with Crippen LogP contribution in [0.15, 0.2) is 35.4 Å². The minimum absolute atomic E-state index is 0.123. The molecule has 1 heterocycles. The van der Waals surface area contributed by atoms with Crippen LogP contribution in [0.25, 0.3) is 0 Å². The SMILES string of the molecule is CCC1CCc2sc(C(=O)N/N=C(\C)c3cccc(NC(C)=O)c3)cc2C1. The van der Waals surface area contributed by atoms with Crippen LogP contribution >= 0.6 is 11.3 Å². The highest BCUT2D eigenvalue weighted by Gasteiger charge is 2.22. The fourth-order valence-electron chi connectivity index (χ4n) is 3.34. The van der Waals surface area contributed by atoms with Crippen molar-refractivity contribution in [1.29, 1.82) is 0 Å². The zero-order valence-electron chi connectivity index (χ0n) is 16.0. The Labute approximate surface area is 163 Å². The number of hydrogen-bond donors (Lipinski definition) is 2. The number of aryl methyl sites for hydroxylation is 1. The van der Waals surface area contributed by atoms with Gasteiger partial charge in [0.05, 0.1) is 10.6 Å². The summed E-state index contributed by atoms with van der Waals surface area (Å²) in [6.07, 6.45) is 4.56. The molecule has 5 nitrogen and oxygen atoms in total. The molecule has 6 heteroatoms. The summed E-state index contributed by atoms with van der Waals surface area (Å²) in [6, 6.07) is 9.42. The lowest BCUT2D eigenvalue weighted by atomic mass is 9.87. The van der Waals surface area contributed by atoms with Crippen LogP contribution in [0.4, 0.5) is 5.69 Å². The molecular weight excluding hydrogens is 358 g/mol. The van der Waals surface area contributed by atoms with Crippen molar-refractivity contribution in [2.24, 2.45) is 11.0 Å². The Kier molecular flexibility index (Phi) is 6.06. The average molecular weight is 384 g/mol. The van der Waals surface area contributed by atoms with Gasteiger partial charge >= 0.3 is 0 Å². The van der Waals surface area contributed by atoms with E-state index in [4.69, 9.17) is 0 Å². The topological polar surface area (TPSA) is 70.6 Å². The number of thiophene rings is 1. The Bertz CT molecular complexity index is 885. The number of anilines is 1. The smallest absolute Gasteiger partial charge is 0.281 e. The summed E-state index contributed by atoms with van der Waals surface area (Å²) in [4.78, 5) is 25.8. The van der Waals surface area contributed by atoms with E-state index in [9.17, 15) is 9.59 Å². The van der Waals surface area contributed by atoms with E-state index in [0.29, 0.717) is 11.4 Å². The Morgan fingerprint density at radius 3 is 2.81 bits per heavy atom. The van der Waals surface area contributed by atoms with E-state index in [2.05, 4.69) is 22.8 Å². The Morgan fingerprint density at radius 1 is 1.26 bits per heavy atom. The minimum Gasteiger partial charge on any atom is -0.326 e. The molecular formula is C21H25N3O2S. The lowest BCUT2D eigenvalue weighted by Gasteiger charge is -2.19. The van der Waals surface area contributed by atoms with Crippen molar-refractivity contribution in [2.45, 2.75) is 46.5 Å². The monoisotopic (exact) mass is 383 g/mol. The van der Waals surface area contributed by atoms with Crippen LogP contribution in [0, 0.1) is 5.92 Å². The molecule has 1 aliphatic carbocycles. The third-order valence-electron chi connectivity index (χ3n) is 4.91. The van der Waals surface area contributed by atoms with Crippen molar-refractivity contribution in [3.63, 3.8) is 0 Å². The van der Waals surface area contributed by atoms with Gasteiger partial charge in [0.25, 0.3) is 5.91 Å². The summed E-state index contributed by atoms with van der Waals surface area (Å²) in [5, 5.41) is 6.99.